The van der Waals surface area contributed by atoms with Crippen molar-refractivity contribution in [2.75, 3.05) is 5.73 Å². The number of nitrogens with two attached hydrogens (primary N) is 1. The minimum atomic E-state index is 0.386. The monoisotopic (exact) mass is 175 g/mol. The molecular formula is C9H9N3O. The van der Waals surface area contributed by atoms with Crippen LogP contribution in [0.3, 0.4) is 0 Å². The summed E-state index contributed by atoms with van der Waals surface area (Å²) in [6.45, 7) is 1.97. The van der Waals surface area contributed by atoms with E-state index in [1.165, 1.54) is 0 Å². The molecule has 2 heterocycles. The van der Waals surface area contributed by atoms with Gasteiger partial charge in [0.05, 0.1) is 0 Å². The summed E-state index contributed by atoms with van der Waals surface area (Å²) >= 11 is 0. The fourth-order valence-corrected chi connectivity index (χ4v) is 1.11. The number of hydrogen-bond donors (Lipinski definition) is 1. The van der Waals surface area contributed by atoms with Crippen molar-refractivity contribution in [1.82, 2.24) is 10.1 Å². The van der Waals surface area contributed by atoms with E-state index in [4.69, 9.17) is 10.3 Å². The average molecular weight is 175 g/mol. The van der Waals surface area contributed by atoms with E-state index < -0.39 is 0 Å². The van der Waals surface area contributed by atoms with Crippen LogP contribution in [0.25, 0.3) is 11.3 Å². The summed E-state index contributed by atoms with van der Waals surface area (Å²) < 4.78 is 4.99. The molecule has 0 spiro atoms. The van der Waals surface area contributed by atoms with Crippen LogP contribution in [-0.4, -0.2) is 10.1 Å². The summed E-state index contributed by atoms with van der Waals surface area (Å²) in [5.41, 5.74) is 7.40. The Kier molecular flexibility index (Phi) is 1.73. The van der Waals surface area contributed by atoms with Gasteiger partial charge in [-0.05, 0) is 18.6 Å². The Balaban J connectivity index is 2.46. The molecule has 0 amide bonds. The fraction of sp³-hybridized carbons (Fsp3) is 0.111. The first-order valence-corrected chi connectivity index (χ1v) is 3.90. The smallest absolute Gasteiger partial charge is 0.170 e. The van der Waals surface area contributed by atoms with E-state index in [2.05, 4.69) is 10.1 Å². The highest BCUT2D eigenvalue weighted by Crippen LogP contribution is 2.20. The van der Waals surface area contributed by atoms with Crippen molar-refractivity contribution < 1.29 is 4.52 Å². The molecule has 0 saturated carbocycles. The van der Waals surface area contributed by atoms with E-state index in [1.807, 2.05) is 13.0 Å². The highest BCUT2D eigenvalue weighted by molar-refractivity contribution is 5.59. The van der Waals surface area contributed by atoms with Gasteiger partial charge in [0, 0.05) is 24.0 Å². The number of rotatable bonds is 1. The first-order valence-electron chi connectivity index (χ1n) is 3.90. The number of nitrogens with zero attached hydrogens (tertiary/aromatic N) is 2. The molecule has 2 aromatic rings. The molecule has 0 radical (unpaired) electrons. The van der Waals surface area contributed by atoms with Gasteiger partial charge in [0.25, 0.3) is 0 Å². The molecule has 0 aliphatic rings. The van der Waals surface area contributed by atoms with Gasteiger partial charge in [0.15, 0.2) is 11.6 Å². The van der Waals surface area contributed by atoms with Crippen molar-refractivity contribution in [3.63, 3.8) is 0 Å². The van der Waals surface area contributed by atoms with Crippen LogP contribution in [0.15, 0.2) is 29.0 Å². The molecule has 4 nitrogen and oxygen atoms in total. The molecule has 0 unspecified atom stereocenters. The van der Waals surface area contributed by atoms with E-state index in [0.717, 1.165) is 11.1 Å². The maximum absolute atomic E-state index is 5.43. The van der Waals surface area contributed by atoms with Crippen LogP contribution in [0.2, 0.25) is 0 Å². The van der Waals surface area contributed by atoms with E-state index in [-0.39, 0.29) is 0 Å². The maximum atomic E-state index is 5.43. The largest absolute Gasteiger partial charge is 0.381 e. The van der Waals surface area contributed by atoms with Crippen LogP contribution in [0, 0.1) is 6.92 Å². The van der Waals surface area contributed by atoms with Crippen LogP contribution in [0.1, 0.15) is 5.56 Å². The zero-order valence-electron chi connectivity index (χ0n) is 7.19. The van der Waals surface area contributed by atoms with Crippen molar-refractivity contribution in [3.05, 3.63) is 30.1 Å². The average Bonchev–Trinajstić information content (AvgIpc) is 2.52. The summed E-state index contributed by atoms with van der Waals surface area (Å²) in [5, 5.41) is 3.60. The number of aromatic nitrogens is 2. The Morgan fingerprint density at radius 3 is 2.77 bits per heavy atom. The Bertz CT molecular complexity index is 422. The maximum Gasteiger partial charge on any atom is 0.170 e. The third-order valence-electron chi connectivity index (χ3n) is 1.69. The lowest BCUT2D eigenvalue weighted by Crippen LogP contribution is -1.81. The Labute approximate surface area is 75.4 Å². The van der Waals surface area contributed by atoms with Crippen LogP contribution in [-0.2, 0) is 0 Å². The Hall–Kier alpha value is -1.84. The topological polar surface area (TPSA) is 64.9 Å². The van der Waals surface area contributed by atoms with Crippen LogP contribution < -0.4 is 5.73 Å². The normalized spacial score (nSPS) is 10.2. The molecule has 0 aliphatic heterocycles. The first kappa shape index (κ1) is 7.79. The van der Waals surface area contributed by atoms with Crippen molar-refractivity contribution in [1.29, 1.82) is 0 Å². The predicted octanol–water partition coefficient (Wildman–Crippen LogP) is 1.63. The minimum absolute atomic E-state index is 0.386. The highest BCUT2D eigenvalue weighted by Gasteiger charge is 2.04. The summed E-state index contributed by atoms with van der Waals surface area (Å²) in [6.07, 6.45) is 3.50. The molecule has 0 fully saturated rings. The quantitative estimate of drug-likeness (QED) is 0.715. The lowest BCUT2D eigenvalue weighted by Gasteiger charge is -1.94. The van der Waals surface area contributed by atoms with Gasteiger partial charge >= 0.3 is 0 Å². The van der Waals surface area contributed by atoms with Crippen molar-refractivity contribution in [2.24, 2.45) is 0 Å². The summed E-state index contributed by atoms with van der Waals surface area (Å²) in [7, 11) is 0. The van der Waals surface area contributed by atoms with E-state index in [0.29, 0.717) is 11.6 Å². The molecule has 4 heteroatoms. The molecule has 13 heavy (non-hydrogen) atoms. The standard InChI is InChI=1S/C9H9N3O/c1-6-2-7(5-11-4-6)8-3-9(10)12-13-8/h2-5H,1H3,(H2,10,12). The van der Waals surface area contributed by atoms with Gasteiger partial charge < -0.3 is 10.3 Å². The molecule has 2 N–H and O–H groups in total. The Morgan fingerprint density at radius 1 is 1.31 bits per heavy atom. The molecule has 0 saturated heterocycles. The second-order valence-corrected chi connectivity index (χ2v) is 2.87. The van der Waals surface area contributed by atoms with Gasteiger partial charge in [0.2, 0.25) is 0 Å². The summed E-state index contributed by atoms with van der Waals surface area (Å²) in [5.74, 6) is 1.03. The summed E-state index contributed by atoms with van der Waals surface area (Å²) in [4.78, 5) is 4.04. The number of nitrogen functional groups attached to an aromatic ring is 1. The molecule has 0 bridgehead atoms. The first-order chi connectivity index (χ1) is 6.25. The second-order valence-electron chi connectivity index (χ2n) is 2.87. The fourth-order valence-electron chi connectivity index (χ4n) is 1.11. The summed E-state index contributed by atoms with van der Waals surface area (Å²) in [6, 6.07) is 3.64. The van der Waals surface area contributed by atoms with E-state index >= 15 is 0 Å². The molecule has 66 valence electrons. The molecule has 0 aliphatic carbocycles. The highest BCUT2D eigenvalue weighted by atomic mass is 16.5. The van der Waals surface area contributed by atoms with Crippen LogP contribution >= 0.6 is 0 Å². The SMILES string of the molecule is Cc1cncc(-c2cc(N)no2)c1. The zero-order valence-corrected chi connectivity index (χ0v) is 7.19. The third kappa shape index (κ3) is 1.51. The van der Waals surface area contributed by atoms with Gasteiger partial charge in [-0.1, -0.05) is 5.16 Å². The molecule has 0 atom stereocenters. The van der Waals surface area contributed by atoms with Gasteiger partial charge in [0.1, 0.15) is 0 Å². The van der Waals surface area contributed by atoms with Crippen LogP contribution in [0.5, 0.6) is 0 Å². The van der Waals surface area contributed by atoms with Gasteiger partial charge in [-0.2, -0.15) is 0 Å². The van der Waals surface area contributed by atoms with Crippen LogP contribution in [0.4, 0.5) is 5.82 Å². The lowest BCUT2D eigenvalue weighted by molar-refractivity contribution is 0.435. The molecule has 2 rings (SSSR count). The Morgan fingerprint density at radius 2 is 2.15 bits per heavy atom. The minimum Gasteiger partial charge on any atom is -0.381 e. The number of pyridine rings is 1. The molecule has 0 aromatic carbocycles. The van der Waals surface area contributed by atoms with Gasteiger partial charge in [-0.15, -0.1) is 0 Å². The van der Waals surface area contributed by atoms with Gasteiger partial charge in [-0.3, -0.25) is 4.98 Å². The predicted molar refractivity (Wildman–Crippen MR) is 48.9 cm³/mol. The number of anilines is 1. The van der Waals surface area contributed by atoms with Crippen molar-refractivity contribution >= 4 is 5.82 Å². The number of hydrogen-bond acceptors (Lipinski definition) is 4. The molecule has 2 aromatic heterocycles. The second kappa shape index (κ2) is 2.90. The lowest BCUT2D eigenvalue weighted by atomic mass is 10.2. The third-order valence-corrected chi connectivity index (χ3v) is 1.69. The molecular weight excluding hydrogens is 166 g/mol. The van der Waals surface area contributed by atoms with Gasteiger partial charge in [-0.25, -0.2) is 0 Å². The van der Waals surface area contributed by atoms with E-state index in [1.54, 1.807) is 18.5 Å². The number of aryl methyl sites for hydroxylation is 1. The van der Waals surface area contributed by atoms with Crippen molar-refractivity contribution in [3.8, 4) is 11.3 Å². The zero-order chi connectivity index (χ0) is 9.26. The van der Waals surface area contributed by atoms with Crippen molar-refractivity contribution in [2.45, 2.75) is 6.92 Å². The van der Waals surface area contributed by atoms with E-state index in [9.17, 15) is 0 Å².